The molecule has 0 spiro atoms. The van der Waals surface area contributed by atoms with Crippen molar-refractivity contribution in [1.29, 1.82) is 0 Å². The van der Waals surface area contributed by atoms with Crippen LogP contribution in [0.3, 0.4) is 0 Å². The van der Waals surface area contributed by atoms with Crippen molar-refractivity contribution in [3.05, 3.63) is 75.4 Å². The van der Waals surface area contributed by atoms with Gasteiger partial charge in [-0.2, -0.15) is 4.98 Å². The maximum Gasteiger partial charge on any atom is 0.278 e. The van der Waals surface area contributed by atoms with Crippen molar-refractivity contribution in [3.63, 3.8) is 0 Å². The highest BCUT2D eigenvalue weighted by Crippen LogP contribution is 2.40. The van der Waals surface area contributed by atoms with E-state index < -0.39 is 0 Å². The van der Waals surface area contributed by atoms with Crippen LogP contribution in [0.15, 0.2) is 69.9 Å². The van der Waals surface area contributed by atoms with E-state index in [-0.39, 0.29) is 34.0 Å². The van der Waals surface area contributed by atoms with Gasteiger partial charge in [0.05, 0.1) is 6.33 Å². The Balaban J connectivity index is 1.61. The quantitative estimate of drug-likeness (QED) is 0.435. The number of allylic oxidation sites excluding steroid dienone is 9. The highest BCUT2D eigenvalue weighted by Gasteiger charge is 2.26. The summed E-state index contributed by atoms with van der Waals surface area (Å²) in [5, 5.41) is 2.56. The van der Waals surface area contributed by atoms with Gasteiger partial charge in [0.2, 0.25) is 5.95 Å². The van der Waals surface area contributed by atoms with Gasteiger partial charge in [0.15, 0.2) is 11.2 Å². The van der Waals surface area contributed by atoms with Crippen molar-refractivity contribution in [3.8, 4) is 0 Å². The number of aromatic nitrogens is 4. The molecule has 0 bridgehead atoms. The third kappa shape index (κ3) is 5.81. The zero-order chi connectivity index (χ0) is 23.3. The normalized spacial score (nSPS) is 17.7. The number of anilines is 1. The van der Waals surface area contributed by atoms with Crippen molar-refractivity contribution >= 4 is 23.0 Å². The third-order valence-electron chi connectivity index (χ3n) is 5.67. The van der Waals surface area contributed by atoms with Crippen LogP contribution in [0.25, 0.3) is 11.2 Å². The van der Waals surface area contributed by atoms with Gasteiger partial charge in [0, 0.05) is 6.08 Å². The molecule has 0 radical (unpaired) electrons. The molecule has 1 aliphatic rings. The average molecular weight is 434 g/mol. The molecule has 2 heterocycles. The number of H-pyrrole nitrogens is 2. The molecule has 3 N–H and O–H groups in total. The molecule has 7 heteroatoms. The van der Waals surface area contributed by atoms with E-state index in [1.54, 1.807) is 0 Å². The highest BCUT2D eigenvalue weighted by molar-refractivity contribution is 5.99. The number of fused-ring (bicyclic) bond motifs is 1. The molecule has 1 amide bonds. The molecule has 3 rings (SSSR count). The minimum atomic E-state index is -0.389. The molecule has 7 nitrogen and oxygen atoms in total. The number of aromatic amines is 2. The first-order valence-corrected chi connectivity index (χ1v) is 10.8. The zero-order valence-electron chi connectivity index (χ0n) is 19.4. The number of carbonyl (C=O) groups excluding carboxylic acids is 1. The Kier molecular flexibility index (Phi) is 7.08. The molecule has 168 valence electrons. The molecule has 2 aromatic rings. The lowest BCUT2D eigenvalue weighted by molar-refractivity contribution is -0.112. The van der Waals surface area contributed by atoms with E-state index in [4.69, 9.17) is 0 Å². The van der Waals surface area contributed by atoms with E-state index in [0.29, 0.717) is 0 Å². The number of hydrogen-bond donors (Lipinski definition) is 3. The van der Waals surface area contributed by atoms with E-state index in [9.17, 15) is 9.59 Å². The monoisotopic (exact) mass is 433 g/mol. The molecule has 0 saturated carbocycles. The molecule has 1 aliphatic carbocycles. The lowest BCUT2D eigenvalue weighted by Crippen LogP contribution is -2.19. The number of nitrogens with one attached hydrogen (secondary N) is 3. The molecule has 0 unspecified atom stereocenters. The van der Waals surface area contributed by atoms with Crippen LogP contribution in [0.5, 0.6) is 0 Å². The van der Waals surface area contributed by atoms with Crippen LogP contribution < -0.4 is 10.9 Å². The Morgan fingerprint density at radius 1 is 1.22 bits per heavy atom. The van der Waals surface area contributed by atoms with Gasteiger partial charge in [-0.05, 0) is 56.6 Å². The Morgan fingerprint density at radius 3 is 2.75 bits per heavy atom. The van der Waals surface area contributed by atoms with Crippen LogP contribution in [-0.2, 0) is 4.79 Å². The molecule has 32 heavy (non-hydrogen) atoms. The summed E-state index contributed by atoms with van der Waals surface area (Å²) < 4.78 is 0. The van der Waals surface area contributed by atoms with E-state index >= 15 is 0 Å². The molecular weight excluding hydrogens is 402 g/mol. The summed E-state index contributed by atoms with van der Waals surface area (Å²) in [6, 6.07) is 0. The maximum atomic E-state index is 12.2. The number of hydrogen-bond acceptors (Lipinski definition) is 4. The van der Waals surface area contributed by atoms with E-state index in [2.05, 4.69) is 65.1 Å². The first kappa shape index (κ1) is 23.2. The minimum Gasteiger partial charge on any atom is -0.339 e. The van der Waals surface area contributed by atoms with Gasteiger partial charge in [0.25, 0.3) is 11.5 Å². The van der Waals surface area contributed by atoms with Crippen LogP contribution in [-0.4, -0.2) is 25.8 Å². The standard InChI is InChI=1S/C25H31N5O2/c1-16(11-12-19-18(3)10-7-13-25(19,4)5)8-6-9-17(2)14-20(31)28-24-29-22-21(23(32)30-24)26-15-27-22/h6,8-9,11-12,14-15H,7,10,13H2,1-5H3,(H3,26,27,28,29,30,31,32)/b9-6+,12-11+,16-8+,17-14+. The summed E-state index contributed by atoms with van der Waals surface area (Å²) >= 11 is 0. The molecule has 0 saturated heterocycles. The molecule has 0 fully saturated rings. The summed E-state index contributed by atoms with van der Waals surface area (Å²) in [5.74, 6) is -0.323. The summed E-state index contributed by atoms with van der Waals surface area (Å²) in [5.41, 5.74) is 5.18. The fourth-order valence-electron chi connectivity index (χ4n) is 3.94. The van der Waals surface area contributed by atoms with Crippen molar-refractivity contribution in [2.75, 3.05) is 5.32 Å². The van der Waals surface area contributed by atoms with Gasteiger partial charge in [-0.1, -0.05) is 55.4 Å². The molecular formula is C25H31N5O2. The second kappa shape index (κ2) is 9.77. The van der Waals surface area contributed by atoms with E-state index in [1.165, 1.54) is 42.8 Å². The van der Waals surface area contributed by atoms with Crippen molar-refractivity contribution in [2.45, 2.75) is 53.9 Å². The Morgan fingerprint density at radius 2 is 2.00 bits per heavy atom. The van der Waals surface area contributed by atoms with Crippen LogP contribution in [0.1, 0.15) is 53.9 Å². The van der Waals surface area contributed by atoms with Crippen LogP contribution in [0, 0.1) is 5.41 Å². The largest absolute Gasteiger partial charge is 0.339 e. The average Bonchev–Trinajstić information content (AvgIpc) is 3.16. The van der Waals surface area contributed by atoms with Crippen molar-refractivity contribution in [1.82, 2.24) is 19.9 Å². The molecule has 0 atom stereocenters. The maximum absolute atomic E-state index is 12.2. The first-order valence-electron chi connectivity index (χ1n) is 10.8. The second-order valence-corrected chi connectivity index (χ2v) is 8.93. The number of carbonyl (C=O) groups is 1. The zero-order valence-corrected chi connectivity index (χ0v) is 19.4. The van der Waals surface area contributed by atoms with Crippen LogP contribution >= 0.6 is 0 Å². The first-order chi connectivity index (χ1) is 15.2. The van der Waals surface area contributed by atoms with Gasteiger partial charge in [-0.25, -0.2) is 4.98 Å². The predicted octanol–water partition coefficient (Wildman–Crippen LogP) is 5.12. The summed E-state index contributed by atoms with van der Waals surface area (Å²) in [4.78, 5) is 37.4. The number of imidazole rings is 1. The van der Waals surface area contributed by atoms with Gasteiger partial charge >= 0.3 is 0 Å². The molecule has 0 aromatic carbocycles. The lowest BCUT2D eigenvalue weighted by atomic mass is 9.72. The molecule has 0 aliphatic heterocycles. The van der Waals surface area contributed by atoms with Gasteiger partial charge in [-0.15, -0.1) is 0 Å². The SMILES string of the molecule is CC1=C(/C=C/C(C)=C/C=C/C(C)=C/C(=O)Nc2nc3nc[nH]c3c(=O)[nH]2)C(C)(C)CCC1. The Bertz CT molecular complexity index is 1220. The lowest BCUT2D eigenvalue weighted by Gasteiger charge is -2.32. The van der Waals surface area contributed by atoms with Gasteiger partial charge < -0.3 is 4.98 Å². The fourth-order valence-corrected chi connectivity index (χ4v) is 3.94. The van der Waals surface area contributed by atoms with E-state index in [0.717, 1.165) is 11.1 Å². The number of amides is 1. The predicted molar refractivity (Wildman–Crippen MR) is 129 cm³/mol. The van der Waals surface area contributed by atoms with Crippen LogP contribution in [0.4, 0.5) is 5.95 Å². The second-order valence-electron chi connectivity index (χ2n) is 8.93. The number of nitrogens with zero attached hydrogens (tertiary/aromatic N) is 2. The summed E-state index contributed by atoms with van der Waals surface area (Å²) in [6.45, 7) is 10.8. The Labute approximate surface area is 188 Å². The highest BCUT2D eigenvalue weighted by atomic mass is 16.2. The minimum absolute atomic E-state index is 0.0590. The van der Waals surface area contributed by atoms with Crippen molar-refractivity contribution < 1.29 is 4.79 Å². The fraction of sp³-hybridized carbons (Fsp3) is 0.360. The molecule has 2 aromatic heterocycles. The smallest absolute Gasteiger partial charge is 0.278 e. The van der Waals surface area contributed by atoms with Gasteiger partial charge in [-0.3, -0.25) is 19.9 Å². The summed E-state index contributed by atoms with van der Waals surface area (Å²) in [6.07, 6.45) is 16.7. The number of rotatable bonds is 6. The summed E-state index contributed by atoms with van der Waals surface area (Å²) in [7, 11) is 0. The van der Waals surface area contributed by atoms with Crippen LogP contribution in [0.2, 0.25) is 0 Å². The third-order valence-corrected chi connectivity index (χ3v) is 5.67. The Hall–Kier alpha value is -3.48. The van der Waals surface area contributed by atoms with E-state index in [1.807, 2.05) is 25.2 Å². The van der Waals surface area contributed by atoms with Gasteiger partial charge in [0.1, 0.15) is 0 Å². The van der Waals surface area contributed by atoms with Crippen molar-refractivity contribution in [2.24, 2.45) is 5.41 Å². The topological polar surface area (TPSA) is 104 Å².